The number of halogens is 1. The standard InChI is InChI=1S/C12H14BrNO3/c1-17-9-4-5-14(7-9)11-3-2-8(12(15)16)6-10(11)13/h2-3,6,9H,4-5,7H2,1H3,(H,15,16). The summed E-state index contributed by atoms with van der Waals surface area (Å²) < 4.78 is 6.13. The first kappa shape index (κ1) is 12.4. The highest BCUT2D eigenvalue weighted by atomic mass is 79.9. The number of carboxylic acids is 1. The summed E-state index contributed by atoms with van der Waals surface area (Å²) in [5, 5.41) is 8.89. The molecule has 0 aromatic heterocycles. The Labute approximate surface area is 108 Å². The van der Waals surface area contributed by atoms with Gasteiger partial charge in [-0.15, -0.1) is 0 Å². The van der Waals surface area contributed by atoms with Gasteiger partial charge in [0.1, 0.15) is 0 Å². The molecule has 1 aliphatic heterocycles. The van der Waals surface area contributed by atoms with Gasteiger partial charge in [0.05, 0.1) is 17.4 Å². The lowest BCUT2D eigenvalue weighted by Crippen LogP contribution is -2.22. The molecule has 92 valence electrons. The number of hydrogen-bond donors (Lipinski definition) is 1. The molecule has 17 heavy (non-hydrogen) atoms. The summed E-state index contributed by atoms with van der Waals surface area (Å²) in [5.41, 5.74) is 1.32. The number of rotatable bonds is 3. The zero-order valence-electron chi connectivity index (χ0n) is 9.52. The second-order valence-electron chi connectivity index (χ2n) is 4.06. The van der Waals surface area contributed by atoms with E-state index in [-0.39, 0.29) is 6.10 Å². The van der Waals surface area contributed by atoms with Crippen molar-refractivity contribution in [1.82, 2.24) is 0 Å². The predicted octanol–water partition coefficient (Wildman–Crippen LogP) is 2.37. The van der Waals surface area contributed by atoms with Gasteiger partial charge in [-0.05, 0) is 40.5 Å². The molecule has 0 spiro atoms. The first-order chi connectivity index (χ1) is 8.11. The molecule has 5 heteroatoms. The van der Waals surface area contributed by atoms with E-state index in [1.807, 2.05) is 6.07 Å². The largest absolute Gasteiger partial charge is 0.478 e. The minimum Gasteiger partial charge on any atom is -0.478 e. The van der Waals surface area contributed by atoms with Crippen LogP contribution < -0.4 is 4.90 Å². The summed E-state index contributed by atoms with van der Waals surface area (Å²) in [6, 6.07) is 5.10. The summed E-state index contributed by atoms with van der Waals surface area (Å²) in [4.78, 5) is 13.0. The Bertz CT molecular complexity index is 436. The zero-order valence-corrected chi connectivity index (χ0v) is 11.1. The number of carboxylic acid groups (broad SMARTS) is 1. The van der Waals surface area contributed by atoms with E-state index >= 15 is 0 Å². The molecule has 0 radical (unpaired) electrons. The molecule has 1 aliphatic rings. The van der Waals surface area contributed by atoms with Crippen LogP contribution in [-0.2, 0) is 4.74 Å². The Hall–Kier alpha value is -1.07. The van der Waals surface area contributed by atoms with Gasteiger partial charge in [-0.3, -0.25) is 0 Å². The van der Waals surface area contributed by atoms with Crippen LogP contribution in [0.3, 0.4) is 0 Å². The quantitative estimate of drug-likeness (QED) is 0.931. The van der Waals surface area contributed by atoms with Crippen molar-refractivity contribution in [3.63, 3.8) is 0 Å². The SMILES string of the molecule is COC1CCN(c2ccc(C(=O)O)cc2Br)C1. The van der Waals surface area contributed by atoms with Gasteiger partial charge in [0, 0.05) is 24.7 Å². The zero-order chi connectivity index (χ0) is 12.4. The number of hydrogen-bond acceptors (Lipinski definition) is 3. The van der Waals surface area contributed by atoms with E-state index in [1.165, 1.54) is 0 Å². The van der Waals surface area contributed by atoms with E-state index < -0.39 is 5.97 Å². The summed E-state index contributed by atoms with van der Waals surface area (Å²) in [6.07, 6.45) is 1.27. The predicted molar refractivity (Wildman–Crippen MR) is 68.7 cm³/mol. The highest BCUT2D eigenvalue weighted by molar-refractivity contribution is 9.10. The first-order valence-electron chi connectivity index (χ1n) is 5.42. The topological polar surface area (TPSA) is 49.8 Å². The number of carbonyl (C=O) groups is 1. The van der Waals surface area contributed by atoms with Crippen LogP contribution in [0.4, 0.5) is 5.69 Å². The first-order valence-corrected chi connectivity index (χ1v) is 6.21. The molecule has 0 aliphatic carbocycles. The highest BCUT2D eigenvalue weighted by Gasteiger charge is 2.23. The Morgan fingerprint density at radius 3 is 2.88 bits per heavy atom. The Morgan fingerprint density at radius 2 is 2.35 bits per heavy atom. The van der Waals surface area contributed by atoms with Gasteiger partial charge in [0.25, 0.3) is 0 Å². The van der Waals surface area contributed by atoms with Crippen molar-refractivity contribution < 1.29 is 14.6 Å². The molecule has 1 saturated heterocycles. The van der Waals surface area contributed by atoms with Gasteiger partial charge < -0.3 is 14.7 Å². The van der Waals surface area contributed by atoms with Crippen LogP contribution in [-0.4, -0.2) is 37.4 Å². The number of anilines is 1. The van der Waals surface area contributed by atoms with Crippen LogP contribution in [0.25, 0.3) is 0 Å². The van der Waals surface area contributed by atoms with Crippen molar-refractivity contribution >= 4 is 27.6 Å². The van der Waals surface area contributed by atoms with Gasteiger partial charge in [-0.25, -0.2) is 4.79 Å². The van der Waals surface area contributed by atoms with E-state index in [1.54, 1.807) is 19.2 Å². The van der Waals surface area contributed by atoms with Gasteiger partial charge in [0.2, 0.25) is 0 Å². The van der Waals surface area contributed by atoms with Gasteiger partial charge in [0.15, 0.2) is 0 Å². The Morgan fingerprint density at radius 1 is 1.59 bits per heavy atom. The molecular formula is C12H14BrNO3. The minimum absolute atomic E-state index is 0.265. The monoisotopic (exact) mass is 299 g/mol. The third-order valence-electron chi connectivity index (χ3n) is 3.01. The number of methoxy groups -OCH3 is 1. The summed E-state index contributed by atoms with van der Waals surface area (Å²) >= 11 is 3.42. The molecule has 1 aromatic rings. The van der Waals surface area contributed by atoms with Crippen LogP contribution >= 0.6 is 15.9 Å². The maximum Gasteiger partial charge on any atom is 0.335 e. The number of aromatic carboxylic acids is 1. The van der Waals surface area contributed by atoms with Crippen molar-refractivity contribution in [2.24, 2.45) is 0 Å². The van der Waals surface area contributed by atoms with Gasteiger partial charge in [-0.2, -0.15) is 0 Å². The van der Waals surface area contributed by atoms with Gasteiger partial charge >= 0.3 is 5.97 Å². The van der Waals surface area contributed by atoms with Crippen LogP contribution in [0.2, 0.25) is 0 Å². The van der Waals surface area contributed by atoms with Crippen LogP contribution in [0.1, 0.15) is 16.8 Å². The molecule has 1 N–H and O–H groups in total. The fourth-order valence-corrected chi connectivity index (χ4v) is 2.67. The molecule has 1 fully saturated rings. The molecule has 1 heterocycles. The molecule has 0 bridgehead atoms. The van der Waals surface area contributed by atoms with Crippen LogP contribution in [0.5, 0.6) is 0 Å². The van der Waals surface area contributed by atoms with Gasteiger partial charge in [-0.1, -0.05) is 0 Å². The van der Waals surface area contributed by atoms with E-state index in [0.717, 1.165) is 29.7 Å². The Kier molecular flexibility index (Phi) is 3.69. The second kappa shape index (κ2) is 5.06. The second-order valence-corrected chi connectivity index (χ2v) is 4.92. The smallest absolute Gasteiger partial charge is 0.335 e. The maximum atomic E-state index is 10.8. The van der Waals surface area contributed by atoms with E-state index in [9.17, 15) is 4.79 Å². The van der Waals surface area contributed by atoms with Crippen molar-refractivity contribution in [1.29, 1.82) is 0 Å². The van der Waals surface area contributed by atoms with Crippen molar-refractivity contribution in [2.75, 3.05) is 25.1 Å². The summed E-state index contributed by atoms with van der Waals surface area (Å²) in [6.45, 7) is 1.78. The summed E-state index contributed by atoms with van der Waals surface area (Å²) in [5.74, 6) is -0.909. The van der Waals surface area contributed by atoms with E-state index in [4.69, 9.17) is 9.84 Å². The van der Waals surface area contributed by atoms with E-state index in [0.29, 0.717) is 5.56 Å². The fraction of sp³-hybridized carbons (Fsp3) is 0.417. The lowest BCUT2D eigenvalue weighted by atomic mass is 10.2. The number of benzene rings is 1. The molecule has 2 rings (SSSR count). The third kappa shape index (κ3) is 2.61. The molecule has 1 unspecified atom stereocenters. The van der Waals surface area contributed by atoms with Crippen molar-refractivity contribution in [2.45, 2.75) is 12.5 Å². The molecule has 0 saturated carbocycles. The minimum atomic E-state index is -0.909. The lowest BCUT2D eigenvalue weighted by molar-refractivity contribution is 0.0697. The number of ether oxygens (including phenoxy) is 1. The fourth-order valence-electron chi connectivity index (χ4n) is 2.04. The van der Waals surface area contributed by atoms with Crippen LogP contribution in [0, 0.1) is 0 Å². The summed E-state index contributed by atoms with van der Waals surface area (Å²) in [7, 11) is 1.72. The van der Waals surface area contributed by atoms with Crippen molar-refractivity contribution in [3.8, 4) is 0 Å². The van der Waals surface area contributed by atoms with Crippen molar-refractivity contribution in [3.05, 3.63) is 28.2 Å². The maximum absolute atomic E-state index is 10.8. The molecular weight excluding hydrogens is 286 g/mol. The highest BCUT2D eigenvalue weighted by Crippen LogP contribution is 2.30. The molecule has 0 amide bonds. The van der Waals surface area contributed by atoms with E-state index in [2.05, 4.69) is 20.8 Å². The molecule has 1 aromatic carbocycles. The normalized spacial score (nSPS) is 19.6. The average molecular weight is 300 g/mol. The van der Waals surface area contributed by atoms with Crippen LogP contribution in [0.15, 0.2) is 22.7 Å². The number of nitrogens with zero attached hydrogens (tertiary/aromatic N) is 1. The average Bonchev–Trinajstić information content (AvgIpc) is 2.77. The third-order valence-corrected chi connectivity index (χ3v) is 3.65. The molecule has 1 atom stereocenters. The molecule has 4 nitrogen and oxygen atoms in total. The Balaban J connectivity index is 2.20. The lowest BCUT2D eigenvalue weighted by Gasteiger charge is -2.20.